The van der Waals surface area contributed by atoms with E-state index in [0.29, 0.717) is 12.1 Å². The van der Waals surface area contributed by atoms with Crippen molar-refractivity contribution in [2.75, 3.05) is 11.9 Å². The molecule has 29 heavy (non-hydrogen) atoms. The average Bonchev–Trinajstić information content (AvgIpc) is 2.73. The molecule has 2 amide bonds. The van der Waals surface area contributed by atoms with E-state index in [9.17, 15) is 14.0 Å². The number of amides is 2. The van der Waals surface area contributed by atoms with Gasteiger partial charge in [-0.15, -0.1) is 0 Å². The van der Waals surface area contributed by atoms with Crippen LogP contribution >= 0.6 is 11.6 Å². The molecule has 0 atom stereocenters. The Morgan fingerprint density at radius 1 is 0.966 bits per heavy atom. The topological polar surface area (TPSA) is 67.4 Å². The number of ether oxygens (including phenoxy) is 1. The Hall–Kier alpha value is -3.38. The van der Waals surface area contributed by atoms with E-state index in [0.717, 1.165) is 11.6 Å². The van der Waals surface area contributed by atoms with E-state index in [1.54, 1.807) is 24.3 Å². The van der Waals surface area contributed by atoms with E-state index in [2.05, 4.69) is 10.6 Å². The van der Waals surface area contributed by atoms with Crippen molar-refractivity contribution in [2.45, 2.75) is 6.54 Å². The number of hydrogen-bond donors (Lipinski definition) is 2. The van der Waals surface area contributed by atoms with Gasteiger partial charge in [-0.25, -0.2) is 4.39 Å². The minimum atomic E-state index is -0.647. The summed E-state index contributed by atoms with van der Waals surface area (Å²) in [5.74, 6) is -1.28. The SMILES string of the molecule is O=C(COc1ccccc1C(=O)NCc1ccccc1)Nc1ccc(Cl)cc1F. The van der Waals surface area contributed by atoms with Crippen LogP contribution in [0, 0.1) is 5.82 Å². The molecule has 7 heteroatoms. The number of anilines is 1. The lowest BCUT2D eigenvalue weighted by Crippen LogP contribution is -2.25. The van der Waals surface area contributed by atoms with Crippen molar-refractivity contribution in [3.63, 3.8) is 0 Å². The number of halogens is 2. The fraction of sp³-hybridized carbons (Fsp3) is 0.0909. The highest BCUT2D eigenvalue weighted by Gasteiger charge is 2.14. The Morgan fingerprint density at radius 3 is 2.45 bits per heavy atom. The Bertz CT molecular complexity index is 1010. The summed E-state index contributed by atoms with van der Waals surface area (Å²) in [6, 6.07) is 20.0. The highest BCUT2D eigenvalue weighted by atomic mass is 35.5. The summed E-state index contributed by atoms with van der Waals surface area (Å²) < 4.78 is 19.3. The lowest BCUT2D eigenvalue weighted by atomic mass is 10.1. The first kappa shape index (κ1) is 20.4. The standard InChI is InChI=1S/C22H18ClFN2O3/c23-16-10-11-19(18(24)12-16)26-21(27)14-29-20-9-5-4-8-17(20)22(28)25-13-15-6-2-1-3-7-15/h1-12H,13-14H2,(H,25,28)(H,26,27). The molecule has 2 N–H and O–H groups in total. The fourth-order valence-electron chi connectivity index (χ4n) is 2.57. The summed E-state index contributed by atoms with van der Waals surface area (Å²) in [4.78, 5) is 24.6. The summed E-state index contributed by atoms with van der Waals surface area (Å²) in [5.41, 5.74) is 1.26. The lowest BCUT2D eigenvalue weighted by molar-refractivity contribution is -0.118. The first-order chi connectivity index (χ1) is 14.0. The number of carbonyl (C=O) groups excluding carboxylic acids is 2. The van der Waals surface area contributed by atoms with E-state index in [4.69, 9.17) is 16.3 Å². The van der Waals surface area contributed by atoms with Crippen LogP contribution in [-0.4, -0.2) is 18.4 Å². The van der Waals surface area contributed by atoms with E-state index in [1.807, 2.05) is 30.3 Å². The van der Waals surface area contributed by atoms with Crippen LogP contribution in [0.4, 0.5) is 10.1 Å². The molecule has 0 fully saturated rings. The molecular formula is C22H18ClFN2O3. The van der Waals surface area contributed by atoms with Crippen molar-refractivity contribution in [3.8, 4) is 5.75 Å². The van der Waals surface area contributed by atoms with Crippen LogP contribution < -0.4 is 15.4 Å². The minimum absolute atomic E-state index is 0.00288. The Balaban J connectivity index is 1.59. The molecule has 148 valence electrons. The number of carbonyl (C=O) groups is 2. The van der Waals surface area contributed by atoms with Crippen molar-refractivity contribution in [2.24, 2.45) is 0 Å². The van der Waals surface area contributed by atoms with Crippen molar-refractivity contribution in [3.05, 3.63) is 94.8 Å². The zero-order chi connectivity index (χ0) is 20.6. The minimum Gasteiger partial charge on any atom is -0.483 e. The van der Waals surface area contributed by atoms with Gasteiger partial charge in [-0.05, 0) is 35.9 Å². The smallest absolute Gasteiger partial charge is 0.262 e. The van der Waals surface area contributed by atoms with Crippen LogP contribution in [0.2, 0.25) is 5.02 Å². The molecule has 0 aliphatic rings. The monoisotopic (exact) mass is 412 g/mol. The molecule has 3 aromatic rings. The first-order valence-corrected chi connectivity index (χ1v) is 9.19. The van der Waals surface area contributed by atoms with Crippen molar-refractivity contribution >= 4 is 29.1 Å². The molecule has 0 spiro atoms. The van der Waals surface area contributed by atoms with Crippen LogP contribution in [0.15, 0.2) is 72.8 Å². The maximum Gasteiger partial charge on any atom is 0.262 e. The molecule has 3 rings (SSSR count). The third-order valence-corrected chi connectivity index (χ3v) is 4.23. The maximum atomic E-state index is 13.8. The molecule has 3 aromatic carbocycles. The van der Waals surface area contributed by atoms with E-state index in [1.165, 1.54) is 12.1 Å². The summed E-state index contributed by atoms with van der Waals surface area (Å²) in [6.45, 7) is -0.0185. The molecule has 0 bridgehead atoms. The predicted octanol–water partition coefficient (Wildman–Crippen LogP) is 4.43. The Morgan fingerprint density at radius 2 is 1.69 bits per heavy atom. The Labute approximate surface area is 172 Å². The van der Waals surface area contributed by atoms with Gasteiger partial charge in [0.25, 0.3) is 11.8 Å². The summed E-state index contributed by atoms with van der Waals surface area (Å²) in [7, 11) is 0. The van der Waals surface area contributed by atoms with Gasteiger partial charge in [-0.1, -0.05) is 54.1 Å². The second kappa shape index (κ2) is 9.71. The molecular weight excluding hydrogens is 395 g/mol. The van der Waals surface area contributed by atoms with Crippen LogP contribution in [0.25, 0.3) is 0 Å². The molecule has 0 unspecified atom stereocenters. The third-order valence-electron chi connectivity index (χ3n) is 3.99. The van der Waals surface area contributed by atoms with E-state index in [-0.39, 0.29) is 29.0 Å². The molecule has 0 aromatic heterocycles. The quantitative estimate of drug-likeness (QED) is 0.603. The van der Waals surface area contributed by atoms with Gasteiger partial charge in [0.05, 0.1) is 11.3 Å². The first-order valence-electron chi connectivity index (χ1n) is 8.82. The van der Waals surface area contributed by atoms with Crippen LogP contribution in [0.3, 0.4) is 0 Å². The highest BCUT2D eigenvalue weighted by molar-refractivity contribution is 6.30. The molecule has 5 nitrogen and oxygen atoms in total. The molecule has 0 heterocycles. The summed E-state index contributed by atoms with van der Waals surface area (Å²) in [5, 5.41) is 5.45. The van der Waals surface area contributed by atoms with E-state index >= 15 is 0 Å². The summed E-state index contributed by atoms with van der Waals surface area (Å²) in [6.07, 6.45) is 0. The summed E-state index contributed by atoms with van der Waals surface area (Å²) >= 11 is 5.69. The third kappa shape index (κ3) is 5.80. The van der Waals surface area contributed by atoms with Gasteiger partial charge in [0.15, 0.2) is 6.61 Å². The second-order valence-corrected chi connectivity index (χ2v) is 6.56. The predicted molar refractivity (Wildman–Crippen MR) is 110 cm³/mol. The number of benzene rings is 3. The molecule has 0 radical (unpaired) electrons. The van der Waals surface area contributed by atoms with Gasteiger partial charge in [-0.3, -0.25) is 9.59 Å². The van der Waals surface area contributed by atoms with Gasteiger partial charge in [0, 0.05) is 11.6 Å². The fourth-order valence-corrected chi connectivity index (χ4v) is 2.73. The average molecular weight is 413 g/mol. The number of hydrogen-bond acceptors (Lipinski definition) is 3. The second-order valence-electron chi connectivity index (χ2n) is 6.13. The van der Waals surface area contributed by atoms with Crippen molar-refractivity contribution in [1.82, 2.24) is 5.32 Å². The van der Waals surface area contributed by atoms with Gasteiger partial charge in [0.2, 0.25) is 0 Å². The zero-order valence-corrected chi connectivity index (χ0v) is 16.1. The molecule has 0 saturated carbocycles. The van der Waals surface area contributed by atoms with Crippen molar-refractivity contribution < 1.29 is 18.7 Å². The lowest BCUT2D eigenvalue weighted by Gasteiger charge is -2.12. The molecule has 0 aliphatic heterocycles. The molecule has 0 aliphatic carbocycles. The normalized spacial score (nSPS) is 10.3. The van der Waals surface area contributed by atoms with Gasteiger partial charge >= 0.3 is 0 Å². The van der Waals surface area contributed by atoms with Gasteiger partial charge in [-0.2, -0.15) is 0 Å². The van der Waals surface area contributed by atoms with Crippen LogP contribution in [0.1, 0.15) is 15.9 Å². The number of rotatable bonds is 7. The molecule has 0 saturated heterocycles. The highest BCUT2D eigenvalue weighted by Crippen LogP contribution is 2.20. The maximum absolute atomic E-state index is 13.8. The Kier molecular flexibility index (Phi) is 6.81. The van der Waals surface area contributed by atoms with Crippen LogP contribution in [-0.2, 0) is 11.3 Å². The van der Waals surface area contributed by atoms with E-state index < -0.39 is 11.7 Å². The zero-order valence-electron chi connectivity index (χ0n) is 15.3. The number of nitrogens with one attached hydrogen (secondary N) is 2. The van der Waals surface area contributed by atoms with Gasteiger partial charge in [0.1, 0.15) is 11.6 Å². The number of para-hydroxylation sites is 1. The largest absolute Gasteiger partial charge is 0.483 e. The van der Waals surface area contributed by atoms with Gasteiger partial charge < -0.3 is 15.4 Å². The van der Waals surface area contributed by atoms with Crippen molar-refractivity contribution in [1.29, 1.82) is 0 Å². The van der Waals surface area contributed by atoms with Crippen LogP contribution in [0.5, 0.6) is 5.75 Å².